The van der Waals surface area contributed by atoms with Crippen molar-refractivity contribution in [3.8, 4) is 0 Å². The molecule has 11 heavy (non-hydrogen) atoms. The molecule has 0 aromatic heterocycles. The van der Waals surface area contributed by atoms with Crippen LogP contribution in [0.2, 0.25) is 0 Å². The van der Waals surface area contributed by atoms with Gasteiger partial charge in [0.15, 0.2) is 0 Å². The van der Waals surface area contributed by atoms with Gasteiger partial charge >= 0.3 is 0 Å². The van der Waals surface area contributed by atoms with E-state index in [-0.39, 0.29) is 23.7 Å². The second kappa shape index (κ2) is 2.30. The molecule has 0 aromatic rings. The zero-order chi connectivity index (χ0) is 7.84. The van der Waals surface area contributed by atoms with Gasteiger partial charge in [0, 0.05) is 13.1 Å². The lowest BCUT2D eigenvalue weighted by atomic mass is 9.86. The van der Waals surface area contributed by atoms with Gasteiger partial charge in [-0.25, -0.2) is 0 Å². The molecule has 2 aliphatic heterocycles. The lowest BCUT2D eigenvalue weighted by Gasteiger charge is -2.32. The summed E-state index contributed by atoms with van der Waals surface area (Å²) in [6.45, 7) is 1.44. The van der Waals surface area contributed by atoms with Crippen LogP contribution in [0.15, 0.2) is 0 Å². The van der Waals surface area contributed by atoms with E-state index in [0.29, 0.717) is 0 Å². The van der Waals surface area contributed by atoms with Crippen molar-refractivity contribution < 1.29 is 9.59 Å². The number of hydrogen-bond donors (Lipinski definition) is 2. The van der Waals surface area contributed by atoms with E-state index in [1.54, 1.807) is 0 Å². The Labute approximate surface area is 64.3 Å². The minimum atomic E-state index is -0.113. The summed E-state index contributed by atoms with van der Waals surface area (Å²) in [6, 6.07) is 0. The lowest BCUT2D eigenvalue weighted by Crippen LogP contribution is -2.55. The highest BCUT2D eigenvalue weighted by Crippen LogP contribution is 2.20. The maximum absolute atomic E-state index is 11.0. The van der Waals surface area contributed by atoms with Gasteiger partial charge in [-0.3, -0.25) is 14.9 Å². The molecule has 2 rings (SSSR count). The van der Waals surface area contributed by atoms with Crippen molar-refractivity contribution in [2.75, 3.05) is 13.1 Å². The van der Waals surface area contributed by atoms with E-state index in [1.807, 2.05) is 0 Å². The number of piperidine rings is 2. The molecule has 0 aromatic carbocycles. The van der Waals surface area contributed by atoms with Gasteiger partial charge in [0.2, 0.25) is 11.8 Å². The van der Waals surface area contributed by atoms with Crippen molar-refractivity contribution in [1.29, 1.82) is 0 Å². The standard InChI is InChI=1S/C7H10N2O2/c10-6-4-1-5(3-8-2-4)7(11)9-6/h4-5,8H,1-3H2,(H,9,10,11). The SMILES string of the molecule is O=C1NC(=O)C2CNCC1C2. The van der Waals surface area contributed by atoms with Crippen LogP contribution in [0.5, 0.6) is 0 Å². The van der Waals surface area contributed by atoms with Crippen LogP contribution in [-0.4, -0.2) is 24.9 Å². The molecule has 2 amide bonds. The smallest absolute Gasteiger partial charge is 0.230 e. The quantitative estimate of drug-likeness (QED) is 0.434. The second-order valence-corrected chi connectivity index (χ2v) is 3.14. The Balaban J connectivity index is 2.17. The Hall–Kier alpha value is -0.900. The third-order valence-electron chi connectivity index (χ3n) is 2.34. The van der Waals surface area contributed by atoms with E-state index < -0.39 is 0 Å². The summed E-state index contributed by atoms with van der Waals surface area (Å²) in [7, 11) is 0. The second-order valence-electron chi connectivity index (χ2n) is 3.14. The van der Waals surface area contributed by atoms with Crippen LogP contribution in [0, 0.1) is 11.8 Å². The Morgan fingerprint density at radius 2 is 1.64 bits per heavy atom. The van der Waals surface area contributed by atoms with Crippen molar-refractivity contribution >= 4 is 11.8 Å². The summed E-state index contributed by atoms with van der Waals surface area (Å²) in [5.74, 6) is -0.185. The van der Waals surface area contributed by atoms with Gasteiger partial charge in [-0.15, -0.1) is 0 Å². The van der Waals surface area contributed by atoms with Crippen LogP contribution in [0.3, 0.4) is 0 Å². The fourth-order valence-corrected chi connectivity index (χ4v) is 1.67. The van der Waals surface area contributed by atoms with E-state index in [9.17, 15) is 9.59 Å². The topological polar surface area (TPSA) is 58.2 Å². The highest BCUT2D eigenvalue weighted by Gasteiger charge is 2.36. The lowest BCUT2D eigenvalue weighted by molar-refractivity contribution is -0.140. The molecule has 0 aliphatic carbocycles. The summed E-state index contributed by atoms with van der Waals surface area (Å²) in [5, 5.41) is 5.43. The van der Waals surface area contributed by atoms with Crippen molar-refractivity contribution in [3.63, 3.8) is 0 Å². The Morgan fingerprint density at radius 1 is 1.09 bits per heavy atom. The molecule has 2 bridgehead atoms. The number of carbonyl (C=O) groups is 2. The third-order valence-corrected chi connectivity index (χ3v) is 2.34. The van der Waals surface area contributed by atoms with Crippen LogP contribution in [0.4, 0.5) is 0 Å². The zero-order valence-electron chi connectivity index (χ0n) is 6.09. The molecule has 0 radical (unpaired) electrons. The maximum Gasteiger partial charge on any atom is 0.230 e. The molecule has 2 atom stereocenters. The predicted molar refractivity (Wildman–Crippen MR) is 37.6 cm³/mol. The summed E-state index contributed by atoms with van der Waals surface area (Å²) >= 11 is 0. The summed E-state index contributed by atoms with van der Waals surface area (Å²) in [4.78, 5) is 22.1. The highest BCUT2D eigenvalue weighted by molar-refractivity contribution is 6.00. The fraction of sp³-hybridized carbons (Fsp3) is 0.714. The van der Waals surface area contributed by atoms with E-state index in [4.69, 9.17) is 0 Å². The molecule has 0 spiro atoms. The van der Waals surface area contributed by atoms with Gasteiger partial charge < -0.3 is 5.32 Å². The van der Waals surface area contributed by atoms with Crippen LogP contribution in [-0.2, 0) is 9.59 Å². The maximum atomic E-state index is 11.0. The molecule has 2 N–H and O–H groups in total. The van der Waals surface area contributed by atoms with Crippen molar-refractivity contribution in [2.45, 2.75) is 6.42 Å². The number of nitrogens with one attached hydrogen (secondary N) is 2. The molecular formula is C7H10N2O2. The van der Waals surface area contributed by atoms with Crippen molar-refractivity contribution in [2.24, 2.45) is 11.8 Å². The molecule has 4 nitrogen and oxygen atoms in total. The monoisotopic (exact) mass is 154 g/mol. The van der Waals surface area contributed by atoms with E-state index in [0.717, 1.165) is 19.5 Å². The van der Waals surface area contributed by atoms with Gasteiger partial charge in [0.05, 0.1) is 11.8 Å². The molecule has 60 valence electrons. The minimum absolute atomic E-state index is 0.0199. The fourth-order valence-electron chi connectivity index (χ4n) is 1.67. The average molecular weight is 154 g/mol. The molecular weight excluding hydrogens is 144 g/mol. The summed E-state index contributed by atoms with van der Waals surface area (Å²) in [6.07, 6.45) is 0.734. The number of carbonyl (C=O) groups excluding carboxylic acids is 2. The van der Waals surface area contributed by atoms with Crippen molar-refractivity contribution in [1.82, 2.24) is 10.6 Å². The van der Waals surface area contributed by atoms with Gasteiger partial charge in [0.25, 0.3) is 0 Å². The summed E-state index contributed by atoms with van der Waals surface area (Å²) < 4.78 is 0. The number of rotatable bonds is 0. The number of imide groups is 1. The molecule has 2 heterocycles. The van der Waals surface area contributed by atoms with E-state index in [2.05, 4.69) is 10.6 Å². The van der Waals surface area contributed by atoms with Gasteiger partial charge in [0.1, 0.15) is 0 Å². The van der Waals surface area contributed by atoms with Crippen LogP contribution < -0.4 is 10.6 Å². The van der Waals surface area contributed by atoms with Crippen LogP contribution >= 0.6 is 0 Å². The average Bonchev–Trinajstić information content (AvgIpc) is 2.02. The Bertz CT molecular complexity index is 194. The van der Waals surface area contributed by atoms with Crippen LogP contribution in [0.1, 0.15) is 6.42 Å². The molecule has 4 heteroatoms. The highest BCUT2D eigenvalue weighted by atomic mass is 16.2. The largest absolute Gasteiger partial charge is 0.315 e. The van der Waals surface area contributed by atoms with E-state index >= 15 is 0 Å². The first-order valence-corrected chi connectivity index (χ1v) is 3.83. The number of fused-ring (bicyclic) bond motifs is 2. The first-order chi connectivity index (χ1) is 5.27. The molecule has 2 saturated heterocycles. The third kappa shape index (κ3) is 1.03. The number of amides is 2. The normalized spacial score (nSPS) is 36.7. The number of hydrogen-bond acceptors (Lipinski definition) is 3. The van der Waals surface area contributed by atoms with Crippen molar-refractivity contribution in [3.05, 3.63) is 0 Å². The van der Waals surface area contributed by atoms with Gasteiger partial charge in [-0.2, -0.15) is 0 Å². The molecule has 0 saturated carbocycles. The van der Waals surface area contributed by atoms with Gasteiger partial charge in [-0.05, 0) is 6.42 Å². The van der Waals surface area contributed by atoms with Crippen LogP contribution in [0.25, 0.3) is 0 Å². The zero-order valence-corrected chi connectivity index (χ0v) is 6.09. The first kappa shape index (κ1) is 6.79. The molecule has 2 aliphatic rings. The first-order valence-electron chi connectivity index (χ1n) is 3.83. The molecule has 2 unspecified atom stereocenters. The predicted octanol–water partition coefficient (Wildman–Crippen LogP) is -1.13. The minimum Gasteiger partial charge on any atom is -0.315 e. The Morgan fingerprint density at radius 3 is 2.18 bits per heavy atom. The summed E-state index contributed by atoms with van der Waals surface area (Å²) in [5.41, 5.74) is 0. The molecule has 2 fully saturated rings. The van der Waals surface area contributed by atoms with Gasteiger partial charge in [-0.1, -0.05) is 0 Å². The van der Waals surface area contributed by atoms with E-state index in [1.165, 1.54) is 0 Å². The Kier molecular flexibility index (Phi) is 1.42.